The molecule has 1 heterocycles. The Hall–Kier alpha value is -2.37. The minimum Gasteiger partial charge on any atom is -0.482 e. The Morgan fingerprint density at radius 3 is 2.61 bits per heavy atom. The first-order valence-electron chi connectivity index (χ1n) is 7.62. The third-order valence-electron chi connectivity index (χ3n) is 3.79. The monoisotopic (exact) mass is 313 g/mol. The Bertz CT molecular complexity index is 653. The van der Waals surface area contributed by atoms with Gasteiger partial charge in [-0.1, -0.05) is 42.5 Å². The first kappa shape index (κ1) is 15.5. The zero-order valence-corrected chi connectivity index (χ0v) is 12.6. The summed E-state index contributed by atoms with van der Waals surface area (Å²) in [6.45, 7) is 2.08. The van der Waals surface area contributed by atoms with Crippen molar-refractivity contribution < 1.29 is 19.4 Å². The number of hydrogen-bond acceptors (Lipinski definition) is 4. The van der Waals surface area contributed by atoms with Crippen LogP contribution in [0.1, 0.15) is 22.0 Å². The van der Waals surface area contributed by atoms with Crippen LogP contribution in [0.5, 0.6) is 5.75 Å². The molecule has 1 fully saturated rings. The van der Waals surface area contributed by atoms with Gasteiger partial charge in [-0.25, -0.2) is 4.79 Å². The van der Waals surface area contributed by atoms with E-state index in [2.05, 4.69) is 5.32 Å². The fourth-order valence-electron chi connectivity index (χ4n) is 2.66. The van der Waals surface area contributed by atoms with Crippen LogP contribution in [-0.4, -0.2) is 36.9 Å². The fourth-order valence-corrected chi connectivity index (χ4v) is 2.66. The number of morpholine rings is 1. The van der Waals surface area contributed by atoms with E-state index in [1.807, 2.05) is 30.3 Å². The van der Waals surface area contributed by atoms with Gasteiger partial charge in [-0.15, -0.1) is 0 Å². The van der Waals surface area contributed by atoms with Crippen LogP contribution in [0.3, 0.4) is 0 Å². The number of hydrogen-bond donors (Lipinski definition) is 2. The van der Waals surface area contributed by atoms with Crippen molar-refractivity contribution in [3.8, 4) is 5.75 Å². The lowest BCUT2D eigenvalue weighted by molar-refractivity contribution is -0.0435. The van der Waals surface area contributed by atoms with E-state index in [4.69, 9.17) is 9.47 Å². The van der Waals surface area contributed by atoms with Crippen LogP contribution < -0.4 is 10.1 Å². The topological polar surface area (TPSA) is 67.8 Å². The number of para-hydroxylation sites is 1. The van der Waals surface area contributed by atoms with Crippen molar-refractivity contribution in [2.75, 3.05) is 19.7 Å². The molecule has 0 bridgehead atoms. The highest BCUT2D eigenvalue weighted by molar-refractivity contribution is 5.90. The molecule has 5 heteroatoms. The van der Waals surface area contributed by atoms with E-state index < -0.39 is 5.97 Å². The molecule has 1 aliphatic rings. The standard InChI is InChI=1S/C18H19NO4/c20-18(21)14-8-4-5-9-15(14)23-17(13-6-2-1-3-7-13)16-12-19-10-11-22-16/h1-9,16-17,19H,10-12H2,(H,20,21)/t16-,17-/m0/s1. The predicted molar refractivity (Wildman–Crippen MR) is 85.8 cm³/mol. The van der Waals surface area contributed by atoms with E-state index in [0.29, 0.717) is 18.9 Å². The molecule has 2 N–H and O–H groups in total. The average molecular weight is 313 g/mol. The van der Waals surface area contributed by atoms with Crippen molar-refractivity contribution in [2.45, 2.75) is 12.2 Å². The van der Waals surface area contributed by atoms with Crippen LogP contribution in [0.2, 0.25) is 0 Å². The Morgan fingerprint density at radius 1 is 1.17 bits per heavy atom. The number of carboxylic acids is 1. The van der Waals surface area contributed by atoms with Crippen molar-refractivity contribution in [1.29, 1.82) is 0 Å². The predicted octanol–water partition coefficient (Wildman–Crippen LogP) is 2.49. The summed E-state index contributed by atoms with van der Waals surface area (Å²) in [7, 11) is 0. The van der Waals surface area contributed by atoms with Gasteiger partial charge in [-0.2, -0.15) is 0 Å². The minimum atomic E-state index is -1.00. The molecular formula is C18H19NO4. The van der Waals surface area contributed by atoms with E-state index in [0.717, 1.165) is 12.1 Å². The van der Waals surface area contributed by atoms with Gasteiger partial charge in [0.15, 0.2) is 6.10 Å². The minimum absolute atomic E-state index is 0.150. The fraction of sp³-hybridized carbons (Fsp3) is 0.278. The molecule has 120 valence electrons. The van der Waals surface area contributed by atoms with Gasteiger partial charge in [0, 0.05) is 13.1 Å². The largest absolute Gasteiger partial charge is 0.482 e. The van der Waals surface area contributed by atoms with Crippen LogP contribution in [-0.2, 0) is 4.74 Å². The Morgan fingerprint density at radius 2 is 1.91 bits per heavy atom. The lowest BCUT2D eigenvalue weighted by atomic mass is 10.0. The van der Waals surface area contributed by atoms with E-state index in [-0.39, 0.29) is 17.8 Å². The Kier molecular flexibility index (Phi) is 4.90. The first-order valence-corrected chi connectivity index (χ1v) is 7.62. The molecule has 2 atom stereocenters. The van der Waals surface area contributed by atoms with E-state index in [1.54, 1.807) is 24.3 Å². The summed E-state index contributed by atoms with van der Waals surface area (Å²) in [5.74, 6) is -0.655. The molecule has 2 aromatic rings. The maximum absolute atomic E-state index is 11.4. The normalized spacial score (nSPS) is 19.0. The number of benzene rings is 2. The summed E-state index contributed by atoms with van der Waals surface area (Å²) < 4.78 is 11.9. The van der Waals surface area contributed by atoms with Crippen LogP contribution in [0.25, 0.3) is 0 Å². The highest BCUT2D eigenvalue weighted by atomic mass is 16.5. The van der Waals surface area contributed by atoms with Gasteiger partial charge in [0.25, 0.3) is 0 Å². The lowest BCUT2D eigenvalue weighted by Gasteiger charge is -2.32. The summed E-state index contributed by atoms with van der Waals surface area (Å²) >= 11 is 0. The quantitative estimate of drug-likeness (QED) is 0.887. The molecule has 0 radical (unpaired) electrons. The van der Waals surface area contributed by atoms with E-state index in [1.165, 1.54) is 0 Å². The molecule has 0 amide bonds. The second-order valence-corrected chi connectivity index (χ2v) is 5.36. The van der Waals surface area contributed by atoms with Gasteiger partial charge in [0.05, 0.1) is 6.61 Å². The second-order valence-electron chi connectivity index (χ2n) is 5.36. The number of ether oxygens (including phenoxy) is 2. The van der Waals surface area contributed by atoms with Gasteiger partial charge >= 0.3 is 5.97 Å². The Labute approximate surface area is 134 Å². The third kappa shape index (κ3) is 3.70. The molecule has 0 unspecified atom stereocenters. The average Bonchev–Trinajstić information content (AvgIpc) is 2.61. The van der Waals surface area contributed by atoms with Gasteiger partial charge < -0.3 is 19.9 Å². The molecular weight excluding hydrogens is 294 g/mol. The van der Waals surface area contributed by atoms with Gasteiger partial charge in [-0.05, 0) is 17.7 Å². The maximum Gasteiger partial charge on any atom is 0.339 e. The summed E-state index contributed by atoms with van der Waals surface area (Å²) in [5.41, 5.74) is 1.11. The molecule has 23 heavy (non-hydrogen) atoms. The number of rotatable bonds is 5. The highest BCUT2D eigenvalue weighted by Gasteiger charge is 2.29. The molecule has 1 saturated heterocycles. The molecule has 1 aliphatic heterocycles. The summed E-state index contributed by atoms with van der Waals surface area (Å²) in [6, 6.07) is 16.4. The molecule has 0 spiro atoms. The first-order chi connectivity index (χ1) is 11.3. The van der Waals surface area contributed by atoms with Crippen molar-refractivity contribution in [2.24, 2.45) is 0 Å². The van der Waals surface area contributed by atoms with E-state index in [9.17, 15) is 9.90 Å². The summed E-state index contributed by atoms with van der Waals surface area (Å²) in [4.78, 5) is 11.4. The number of aromatic carboxylic acids is 1. The molecule has 0 aromatic heterocycles. The smallest absolute Gasteiger partial charge is 0.339 e. The third-order valence-corrected chi connectivity index (χ3v) is 3.79. The molecule has 0 saturated carbocycles. The van der Waals surface area contributed by atoms with E-state index >= 15 is 0 Å². The SMILES string of the molecule is O=C(O)c1ccccc1O[C@@H](c1ccccc1)[C@@H]1CNCCO1. The highest BCUT2D eigenvalue weighted by Crippen LogP contribution is 2.29. The van der Waals surface area contributed by atoms with Gasteiger partial charge in [0.2, 0.25) is 0 Å². The van der Waals surface area contributed by atoms with Crippen molar-refractivity contribution in [1.82, 2.24) is 5.32 Å². The lowest BCUT2D eigenvalue weighted by Crippen LogP contribution is -2.43. The van der Waals surface area contributed by atoms with Gasteiger partial charge in [-0.3, -0.25) is 0 Å². The van der Waals surface area contributed by atoms with Crippen LogP contribution in [0.4, 0.5) is 0 Å². The van der Waals surface area contributed by atoms with Crippen molar-refractivity contribution >= 4 is 5.97 Å². The van der Waals surface area contributed by atoms with Crippen molar-refractivity contribution in [3.05, 3.63) is 65.7 Å². The number of carbonyl (C=O) groups is 1. The molecule has 0 aliphatic carbocycles. The zero-order chi connectivity index (χ0) is 16.1. The molecule has 2 aromatic carbocycles. The van der Waals surface area contributed by atoms with Crippen molar-refractivity contribution in [3.63, 3.8) is 0 Å². The van der Waals surface area contributed by atoms with Crippen LogP contribution in [0.15, 0.2) is 54.6 Å². The molecule has 3 rings (SSSR count). The van der Waals surface area contributed by atoms with Gasteiger partial charge in [0.1, 0.15) is 17.4 Å². The summed E-state index contributed by atoms with van der Waals surface area (Å²) in [5, 5.41) is 12.6. The molecule has 5 nitrogen and oxygen atoms in total. The van der Waals surface area contributed by atoms with Crippen LogP contribution in [0, 0.1) is 0 Å². The zero-order valence-electron chi connectivity index (χ0n) is 12.6. The second kappa shape index (κ2) is 7.26. The maximum atomic E-state index is 11.4. The van der Waals surface area contributed by atoms with Crippen LogP contribution >= 0.6 is 0 Å². The number of carboxylic acid groups (broad SMARTS) is 1. The Balaban J connectivity index is 1.91. The summed E-state index contributed by atoms with van der Waals surface area (Å²) in [6.07, 6.45) is -0.544. The number of nitrogens with one attached hydrogen (secondary N) is 1.